The third kappa shape index (κ3) is 8.75. The van der Waals surface area contributed by atoms with Gasteiger partial charge in [-0.2, -0.15) is 0 Å². The van der Waals surface area contributed by atoms with Crippen molar-refractivity contribution in [3.63, 3.8) is 0 Å². The number of methoxy groups -OCH3 is 1. The van der Waals surface area contributed by atoms with E-state index in [1.807, 2.05) is 42.5 Å². The highest BCUT2D eigenvalue weighted by Crippen LogP contribution is 2.37. The highest BCUT2D eigenvalue weighted by Gasteiger charge is 2.50. The molecule has 0 unspecified atom stereocenters. The molecule has 3 aromatic carbocycles. The zero-order valence-electron chi connectivity index (χ0n) is 26.2. The van der Waals surface area contributed by atoms with Gasteiger partial charge in [-0.25, -0.2) is 9.59 Å². The monoisotopic (exact) mass is 601 g/mol. The van der Waals surface area contributed by atoms with Crippen molar-refractivity contribution >= 4 is 36.5 Å². The second-order valence-corrected chi connectivity index (χ2v) is 16.6. The molecule has 0 saturated carbocycles. The van der Waals surface area contributed by atoms with E-state index in [0.717, 1.165) is 10.4 Å². The minimum Gasteiger partial charge on any atom is -0.466 e. The van der Waals surface area contributed by atoms with Gasteiger partial charge >= 0.3 is 12.1 Å². The van der Waals surface area contributed by atoms with Crippen LogP contribution in [-0.2, 0) is 18.7 Å². The SMILES string of the molecule is COC(=O)/C=C/[C@@H](CO[Si](c1ccccc1)(c1ccccc1)C(C)(C)C)N(CC(=O)c1ccccc1)C(=O)OC(C)(C)C. The van der Waals surface area contributed by atoms with Gasteiger partial charge in [0.1, 0.15) is 5.60 Å². The molecule has 0 bridgehead atoms. The molecule has 1 atom stereocenters. The smallest absolute Gasteiger partial charge is 0.411 e. The molecule has 7 nitrogen and oxygen atoms in total. The van der Waals surface area contributed by atoms with Crippen molar-refractivity contribution in [3.05, 3.63) is 109 Å². The molecule has 0 spiro atoms. The van der Waals surface area contributed by atoms with Crippen LogP contribution >= 0.6 is 0 Å². The van der Waals surface area contributed by atoms with Gasteiger partial charge in [-0.15, -0.1) is 0 Å². The van der Waals surface area contributed by atoms with Gasteiger partial charge < -0.3 is 13.9 Å². The van der Waals surface area contributed by atoms with Crippen molar-refractivity contribution in [1.82, 2.24) is 4.90 Å². The number of ketones is 1. The minimum absolute atomic E-state index is 0.00207. The topological polar surface area (TPSA) is 82.1 Å². The number of amides is 1. The van der Waals surface area contributed by atoms with Gasteiger partial charge in [0.2, 0.25) is 0 Å². The molecule has 228 valence electrons. The molecule has 43 heavy (non-hydrogen) atoms. The molecule has 0 aliphatic rings. The standard InChI is InChI=1S/C35H43NO6Si/c1-34(2,3)42-33(39)36(25-31(37)27-17-11-8-12-18-27)28(23-24-32(38)40-7)26-41-43(35(4,5)6,29-19-13-9-14-20-29)30-21-15-10-16-22-30/h8-24,28H,25-26H2,1-7H3/b24-23+/t28-/m0/s1. The predicted octanol–water partition coefficient (Wildman–Crippen LogP) is 5.78. The van der Waals surface area contributed by atoms with Crippen LogP contribution in [0.15, 0.2) is 103 Å². The Labute approximate surface area is 256 Å². The van der Waals surface area contributed by atoms with E-state index < -0.39 is 32.0 Å². The quantitative estimate of drug-likeness (QED) is 0.120. The third-order valence-corrected chi connectivity index (χ3v) is 12.0. The summed E-state index contributed by atoms with van der Waals surface area (Å²) < 4.78 is 17.7. The summed E-state index contributed by atoms with van der Waals surface area (Å²) in [5.41, 5.74) is -0.361. The number of rotatable bonds is 11. The van der Waals surface area contributed by atoms with Crippen LogP contribution in [0.4, 0.5) is 4.79 Å². The summed E-state index contributed by atoms with van der Waals surface area (Å²) in [6.45, 7) is 11.5. The number of carbonyl (C=O) groups is 3. The second-order valence-electron chi connectivity index (χ2n) is 12.3. The molecule has 0 radical (unpaired) electrons. The summed E-state index contributed by atoms with van der Waals surface area (Å²) in [5.74, 6) is -0.859. The molecule has 1 amide bonds. The summed E-state index contributed by atoms with van der Waals surface area (Å²) in [6.07, 6.45) is 2.11. The first-order chi connectivity index (χ1) is 20.3. The Kier molecular flexibility index (Phi) is 11.2. The Morgan fingerprint density at radius 1 is 0.791 bits per heavy atom. The van der Waals surface area contributed by atoms with Crippen LogP contribution in [-0.4, -0.2) is 63.0 Å². The van der Waals surface area contributed by atoms with E-state index in [1.165, 1.54) is 18.1 Å². The lowest BCUT2D eigenvalue weighted by atomic mass is 10.1. The Balaban J connectivity index is 2.14. The van der Waals surface area contributed by atoms with Gasteiger partial charge in [-0.3, -0.25) is 9.69 Å². The first-order valence-electron chi connectivity index (χ1n) is 14.4. The van der Waals surface area contributed by atoms with E-state index in [2.05, 4.69) is 45.0 Å². The van der Waals surface area contributed by atoms with Gasteiger partial charge in [0.15, 0.2) is 5.78 Å². The molecule has 0 heterocycles. The second kappa shape index (κ2) is 14.4. The van der Waals surface area contributed by atoms with Crippen LogP contribution in [0.1, 0.15) is 51.9 Å². The number of Topliss-reactive ketones (excluding diaryl/α,β-unsaturated/α-hetero) is 1. The lowest BCUT2D eigenvalue weighted by molar-refractivity contribution is -0.134. The molecular formula is C35H43NO6Si. The van der Waals surface area contributed by atoms with Crippen LogP contribution in [0.3, 0.4) is 0 Å². The van der Waals surface area contributed by atoms with Crippen molar-refractivity contribution in [1.29, 1.82) is 0 Å². The van der Waals surface area contributed by atoms with E-state index in [4.69, 9.17) is 13.9 Å². The number of nitrogens with zero attached hydrogens (tertiary/aromatic N) is 1. The molecule has 0 saturated heterocycles. The lowest BCUT2D eigenvalue weighted by Crippen LogP contribution is -2.67. The van der Waals surface area contributed by atoms with Crippen LogP contribution in [0.5, 0.6) is 0 Å². The first kappa shape index (κ1) is 33.5. The first-order valence-corrected chi connectivity index (χ1v) is 16.3. The molecule has 8 heteroatoms. The van der Waals surface area contributed by atoms with E-state index in [-0.39, 0.29) is 24.0 Å². The Morgan fingerprint density at radius 3 is 1.72 bits per heavy atom. The summed E-state index contributed by atoms with van der Waals surface area (Å²) in [7, 11) is -1.74. The number of carbonyl (C=O) groups excluding carboxylic acids is 3. The van der Waals surface area contributed by atoms with E-state index >= 15 is 0 Å². The van der Waals surface area contributed by atoms with Crippen molar-refractivity contribution in [3.8, 4) is 0 Å². The molecule has 0 aromatic heterocycles. The molecule has 3 rings (SSSR count). The average molecular weight is 602 g/mol. The van der Waals surface area contributed by atoms with E-state index in [0.29, 0.717) is 5.56 Å². The van der Waals surface area contributed by atoms with E-state index in [9.17, 15) is 14.4 Å². The summed E-state index contributed by atoms with van der Waals surface area (Å²) in [5, 5.41) is 1.80. The number of hydrogen-bond donors (Lipinski definition) is 0. The Morgan fingerprint density at radius 2 is 1.28 bits per heavy atom. The zero-order chi connectivity index (χ0) is 31.7. The average Bonchev–Trinajstić information content (AvgIpc) is 2.97. The maximum Gasteiger partial charge on any atom is 0.411 e. The van der Waals surface area contributed by atoms with Crippen molar-refractivity contribution in [2.45, 2.75) is 58.2 Å². The van der Waals surface area contributed by atoms with Gasteiger partial charge in [0.05, 0.1) is 26.3 Å². The zero-order valence-corrected chi connectivity index (χ0v) is 27.2. The summed E-state index contributed by atoms with van der Waals surface area (Å²) in [4.78, 5) is 40.7. The van der Waals surface area contributed by atoms with Gasteiger partial charge in [-0.1, -0.05) is 118 Å². The molecule has 0 aliphatic carbocycles. The number of ether oxygens (including phenoxy) is 2. The number of esters is 1. The third-order valence-electron chi connectivity index (χ3n) is 6.98. The predicted molar refractivity (Wildman–Crippen MR) is 172 cm³/mol. The normalized spacial score (nSPS) is 12.9. The van der Waals surface area contributed by atoms with Crippen LogP contribution < -0.4 is 10.4 Å². The highest BCUT2D eigenvalue weighted by molar-refractivity contribution is 6.99. The molecule has 0 N–H and O–H groups in total. The maximum absolute atomic E-state index is 13.7. The van der Waals surface area contributed by atoms with Gasteiger partial charge in [0, 0.05) is 11.6 Å². The summed E-state index contributed by atoms with van der Waals surface area (Å²) >= 11 is 0. The highest BCUT2D eigenvalue weighted by atomic mass is 28.4. The van der Waals surface area contributed by atoms with Crippen LogP contribution in [0, 0.1) is 0 Å². The van der Waals surface area contributed by atoms with Crippen molar-refractivity contribution in [2.24, 2.45) is 0 Å². The molecular weight excluding hydrogens is 558 g/mol. The summed E-state index contributed by atoms with van der Waals surface area (Å²) in [6, 6.07) is 28.2. The van der Waals surface area contributed by atoms with Crippen LogP contribution in [0.2, 0.25) is 5.04 Å². The Hall–Kier alpha value is -4.01. The minimum atomic E-state index is -3.02. The van der Waals surface area contributed by atoms with Crippen molar-refractivity contribution in [2.75, 3.05) is 20.3 Å². The Bertz CT molecular complexity index is 1340. The molecule has 0 fully saturated rings. The fraction of sp³-hybridized carbons (Fsp3) is 0.343. The lowest BCUT2D eigenvalue weighted by Gasteiger charge is -2.44. The fourth-order valence-electron chi connectivity index (χ4n) is 4.99. The largest absolute Gasteiger partial charge is 0.466 e. The fourth-order valence-corrected chi connectivity index (χ4v) is 9.56. The maximum atomic E-state index is 13.7. The molecule has 3 aromatic rings. The van der Waals surface area contributed by atoms with Crippen LogP contribution in [0.25, 0.3) is 0 Å². The van der Waals surface area contributed by atoms with Gasteiger partial charge in [-0.05, 0) is 36.2 Å². The van der Waals surface area contributed by atoms with E-state index in [1.54, 1.807) is 51.1 Å². The molecule has 0 aliphatic heterocycles. The van der Waals surface area contributed by atoms with Gasteiger partial charge in [0.25, 0.3) is 8.32 Å². The van der Waals surface area contributed by atoms with Crippen molar-refractivity contribution < 1.29 is 28.3 Å². The number of benzene rings is 3. The number of hydrogen-bond acceptors (Lipinski definition) is 6.